The van der Waals surface area contributed by atoms with Crippen LogP contribution in [0.3, 0.4) is 0 Å². The molecule has 2 rings (SSSR count). The molecule has 3 nitrogen and oxygen atoms in total. The second-order valence-electron chi connectivity index (χ2n) is 7.53. The first kappa shape index (κ1) is 18.8. The summed E-state index contributed by atoms with van der Waals surface area (Å²) in [5, 5.41) is 11.3. The van der Waals surface area contributed by atoms with Crippen molar-refractivity contribution in [2.45, 2.75) is 39.0 Å². The van der Waals surface area contributed by atoms with E-state index in [4.69, 9.17) is 5.41 Å². The molecule has 1 aromatic heterocycles. The van der Waals surface area contributed by atoms with Gasteiger partial charge in [-0.25, -0.2) is 0 Å². The number of fused-ring (bicyclic) bond motifs is 1. The molecule has 0 aliphatic rings. The number of nitrogens with one attached hydrogen (secondary N) is 1. The van der Waals surface area contributed by atoms with Gasteiger partial charge in [-0.05, 0) is 73.9 Å². The number of Topliss-reactive ketones (excluding diaryl/α,β-unsaturated/α-hetero) is 1. The number of thiophene rings is 1. The van der Waals surface area contributed by atoms with Gasteiger partial charge < -0.3 is 10.3 Å². The Balaban J connectivity index is 2.16. The number of carbonyl (C=O) groups excluding carboxylic acids is 1. The Morgan fingerprint density at radius 1 is 1.29 bits per heavy atom. The van der Waals surface area contributed by atoms with Crippen molar-refractivity contribution in [2.24, 2.45) is 5.92 Å². The highest BCUT2D eigenvalue weighted by Crippen LogP contribution is 2.32. The summed E-state index contributed by atoms with van der Waals surface area (Å²) in [6.45, 7) is 6.83. The molecule has 0 bridgehead atoms. The van der Waals surface area contributed by atoms with E-state index in [1.807, 2.05) is 14.1 Å². The maximum atomic E-state index is 12.8. The summed E-state index contributed by atoms with van der Waals surface area (Å²) in [5.74, 6) is -0.0867. The molecule has 0 saturated carbocycles. The number of carbonyl (C=O) groups is 1. The van der Waals surface area contributed by atoms with Crippen LogP contribution < -0.4 is 0 Å². The van der Waals surface area contributed by atoms with Gasteiger partial charge in [-0.15, -0.1) is 11.3 Å². The fraction of sp³-hybridized carbons (Fsp3) is 0.500. The van der Waals surface area contributed by atoms with E-state index in [0.717, 1.165) is 13.0 Å². The molecule has 130 valence electrons. The zero-order valence-electron chi connectivity index (χ0n) is 15.3. The zero-order chi connectivity index (χ0) is 17.9. The van der Waals surface area contributed by atoms with E-state index < -0.39 is 0 Å². The summed E-state index contributed by atoms with van der Waals surface area (Å²) in [4.78, 5) is 14.9. The Bertz CT molecular complexity index is 730. The van der Waals surface area contributed by atoms with Gasteiger partial charge in [0, 0.05) is 16.8 Å². The average molecular weight is 345 g/mol. The molecule has 24 heavy (non-hydrogen) atoms. The van der Waals surface area contributed by atoms with Crippen molar-refractivity contribution in [3.8, 4) is 0 Å². The van der Waals surface area contributed by atoms with Crippen LogP contribution in [0.15, 0.2) is 29.6 Å². The Hall–Kier alpha value is -1.52. The topological polar surface area (TPSA) is 44.2 Å². The summed E-state index contributed by atoms with van der Waals surface area (Å²) in [7, 11) is 4.00. The number of hydrogen-bond acceptors (Lipinski definition) is 4. The lowest BCUT2D eigenvalue weighted by atomic mass is 9.76. The second kappa shape index (κ2) is 7.58. The standard InChI is InChI=1S/C20H28N2OS/c1-14(21)17(8-10-22(4)5)18(23)13-20(2,3)16-6-7-19-15(12-16)9-11-24-19/h6-7,9,11-12,17,21H,8,10,13H2,1-5H3. The Morgan fingerprint density at radius 2 is 2.00 bits per heavy atom. The van der Waals surface area contributed by atoms with E-state index >= 15 is 0 Å². The van der Waals surface area contributed by atoms with Crippen LogP contribution in [0.2, 0.25) is 0 Å². The predicted octanol–water partition coefficient (Wildman–Crippen LogP) is 4.75. The summed E-state index contributed by atoms with van der Waals surface area (Å²) in [5.41, 5.74) is 1.45. The zero-order valence-corrected chi connectivity index (χ0v) is 16.2. The van der Waals surface area contributed by atoms with Crippen molar-refractivity contribution >= 4 is 32.9 Å². The third kappa shape index (κ3) is 4.52. The van der Waals surface area contributed by atoms with Gasteiger partial charge in [0.25, 0.3) is 0 Å². The van der Waals surface area contributed by atoms with Crippen molar-refractivity contribution in [3.05, 3.63) is 35.2 Å². The third-order valence-corrected chi connectivity index (χ3v) is 5.52. The van der Waals surface area contributed by atoms with E-state index in [0.29, 0.717) is 12.1 Å². The van der Waals surface area contributed by atoms with Crippen molar-refractivity contribution in [3.63, 3.8) is 0 Å². The first-order valence-corrected chi connectivity index (χ1v) is 9.29. The van der Waals surface area contributed by atoms with Crippen LogP contribution in [-0.2, 0) is 10.2 Å². The average Bonchev–Trinajstić information content (AvgIpc) is 2.93. The largest absolute Gasteiger partial charge is 0.309 e. The minimum Gasteiger partial charge on any atom is -0.309 e. The van der Waals surface area contributed by atoms with Crippen molar-refractivity contribution in [1.29, 1.82) is 5.41 Å². The number of hydrogen-bond donors (Lipinski definition) is 1. The molecule has 1 atom stereocenters. The number of ketones is 1. The predicted molar refractivity (Wildman–Crippen MR) is 105 cm³/mol. The van der Waals surface area contributed by atoms with Crippen molar-refractivity contribution in [2.75, 3.05) is 20.6 Å². The molecule has 0 aliphatic heterocycles. The summed E-state index contributed by atoms with van der Waals surface area (Å²) in [6.07, 6.45) is 1.19. The van der Waals surface area contributed by atoms with E-state index in [9.17, 15) is 4.79 Å². The molecule has 0 spiro atoms. The molecule has 2 aromatic rings. The number of rotatable bonds is 8. The maximum Gasteiger partial charge on any atom is 0.142 e. The van der Waals surface area contributed by atoms with Crippen LogP contribution in [0.4, 0.5) is 0 Å². The van der Waals surface area contributed by atoms with Gasteiger partial charge in [0.2, 0.25) is 0 Å². The molecular weight excluding hydrogens is 316 g/mol. The number of nitrogens with zero attached hydrogens (tertiary/aromatic N) is 1. The van der Waals surface area contributed by atoms with Crippen LogP contribution in [0.25, 0.3) is 10.1 Å². The smallest absolute Gasteiger partial charge is 0.142 e. The lowest BCUT2D eigenvalue weighted by Gasteiger charge is -2.27. The van der Waals surface area contributed by atoms with Gasteiger partial charge in [-0.2, -0.15) is 0 Å². The normalized spacial score (nSPS) is 13.4. The summed E-state index contributed by atoms with van der Waals surface area (Å²) in [6, 6.07) is 8.61. The van der Waals surface area contributed by atoms with E-state index in [1.54, 1.807) is 18.3 Å². The van der Waals surface area contributed by atoms with Gasteiger partial charge in [0.15, 0.2) is 0 Å². The van der Waals surface area contributed by atoms with Gasteiger partial charge in [-0.3, -0.25) is 4.79 Å². The monoisotopic (exact) mass is 344 g/mol. The van der Waals surface area contributed by atoms with Crippen molar-refractivity contribution in [1.82, 2.24) is 4.90 Å². The molecule has 0 aliphatic carbocycles. The molecule has 4 heteroatoms. The summed E-state index contributed by atoms with van der Waals surface area (Å²) < 4.78 is 1.28. The van der Waals surface area contributed by atoms with Crippen molar-refractivity contribution < 1.29 is 4.79 Å². The molecule has 1 unspecified atom stereocenters. The van der Waals surface area contributed by atoms with Crippen LogP contribution in [0, 0.1) is 11.3 Å². The van der Waals surface area contributed by atoms with Crippen LogP contribution in [0.5, 0.6) is 0 Å². The quantitative estimate of drug-likeness (QED) is 0.703. The third-order valence-electron chi connectivity index (χ3n) is 4.63. The van der Waals surface area contributed by atoms with Crippen LogP contribution in [0.1, 0.15) is 39.2 Å². The fourth-order valence-electron chi connectivity index (χ4n) is 3.05. The molecule has 0 radical (unpaired) electrons. The molecule has 0 saturated heterocycles. The van der Waals surface area contributed by atoms with E-state index in [-0.39, 0.29) is 17.1 Å². The minimum atomic E-state index is -0.267. The fourth-order valence-corrected chi connectivity index (χ4v) is 3.83. The molecular formula is C20H28N2OS. The molecule has 1 N–H and O–H groups in total. The molecule has 1 heterocycles. The van der Waals surface area contributed by atoms with E-state index in [2.05, 4.69) is 48.4 Å². The van der Waals surface area contributed by atoms with Crippen LogP contribution >= 0.6 is 11.3 Å². The van der Waals surface area contributed by atoms with Gasteiger partial charge in [0.05, 0.1) is 5.92 Å². The number of benzene rings is 1. The van der Waals surface area contributed by atoms with Gasteiger partial charge in [0.1, 0.15) is 5.78 Å². The maximum absolute atomic E-state index is 12.8. The highest BCUT2D eigenvalue weighted by molar-refractivity contribution is 7.17. The Kier molecular flexibility index (Phi) is 5.94. The first-order valence-electron chi connectivity index (χ1n) is 8.41. The Labute approximate surface area is 149 Å². The second-order valence-corrected chi connectivity index (χ2v) is 8.48. The van der Waals surface area contributed by atoms with E-state index in [1.165, 1.54) is 15.6 Å². The minimum absolute atomic E-state index is 0.180. The first-order chi connectivity index (χ1) is 11.2. The van der Waals surface area contributed by atoms with Gasteiger partial charge in [-0.1, -0.05) is 19.9 Å². The Morgan fingerprint density at radius 3 is 2.62 bits per heavy atom. The highest BCUT2D eigenvalue weighted by Gasteiger charge is 2.29. The van der Waals surface area contributed by atoms with Gasteiger partial charge >= 0.3 is 0 Å². The highest BCUT2D eigenvalue weighted by atomic mass is 32.1. The molecule has 0 amide bonds. The van der Waals surface area contributed by atoms with Crippen LogP contribution in [-0.4, -0.2) is 37.0 Å². The molecule has 0 fully saturated rings. The lowest BCUT2D eigenvalue weighted by molar-refractivity contribution is -0.122. The molecule has 1 aromatic carbocycles. The summed E-state index contributed by atoms with van der Waals surface area (Å²) >= 11 is 1.74. The SMILES string of the molecule is CC(=N)C(CCN(C)C)C(=O)CC(C)(C)c1ccc2sccc2c1. The lowest BCUT2D eigenvalue weighted by Crippen LogP contribution is -2.31.